The number of amides is 1. The molecule has 1 heterocycles. The van der Waals surface area contributed by atoms with Gasteiger partial charge in [0.1, 0.15) is 18.2 Å². The lowest BCUT2D eigenvalue weighted by Gasteiger charge is -2.16. The molecule has 6 nitrogen and oxygen atoms in total. The van der Waals surface area contributed by atoms with Gasteiger partial charge in [-0.05, 0) is 26.7 Å². The molecule has 0 aliphatic heterocycles. The van der Waals surface area contributed by atoms with Gasteiger partial charge < -0.3 is 15.4 Å². The summed E-state index contributed by atoms with van der Waals surface area (Å²) in [5.74, 6) is 1.44. The van der Waals surface area contributed by atoms with E-state index in [1.807, 2.05) is 13.8 Å². The third-order valence-electron chi connectivity index (χ3n) is 2.44. The standard InChI is InChI=1S/C14H24N4O2/c1-9(2)7-15-14(19)11(5)18-12-6-13(17-8-16-12)20-10(3)4/h6,8-11H,7H2,1-5H3,(H,15,19)(H,16,17,18). The summed E-state index contributed by atoms with van der Waals surface area (Å²) in [6, 6.07) is 1.32. The number of rotatable bonds is 7. The van der Waals surface area contributed by atoms with Crippen LogP contribution in [0.2, 0.25) is 0 Å². The van der Waals surface area contributed by atoms with Crippen LogP contribution in [0, 0.1) is 5.92 Å². The average Bonchev–Trinajstić information content (AvgIpc) is 2.35. The average molecular weight is 280 g/mol. The van der Waals surface area contributed by atoms with Crippen LogP contribution in [-0.2, 0) is 4.79 Å². The lowest BCUT2D eigenvalue weighted by molar-refractivity contribution is -0.121. The van der Waals surface area contributed by atoms with Gasteiger partial charge in [-0.3, -0.25) is 4.79 Å². The van der Waals surface area contributed by atoms with Crippen LogP contribution in [0.4, 0.5) is 5.82 Å². The highest BCUT2D eigenvalue weighted by molar-refractivity contribution is 5.83. The summed E-state index contributed by atoms with van der Waals surface area (Å²) in [5, 5.41) is 5.91. The van der Waals surface area contributed by atoms with Crippen molar-refractivity contribution >= 4 is 11.7 Å². The van der Waals surface area contributed by atoms with Crippen molar-refractivity contribution in [1.29, 1.82) is 0 Å². The minimum Gasteiger partial charge on any atom is -0.475 e. The van der Waals surface area contributed by atoms with Crippen molar-refractivity contribution in [3.63, 3.8) is 0 Å². The summed E-state index contributed by atoms with van der Waals surface area (Å²) in [6.45, 7) is 10.4. The molecule has 1 aromatic rings. The molecule has 0 saturated carbocycles. The van der Waals surface area contributed by atoms with E-state index in [-0.39, 0.29) is 18.1 Å². The van der Waals surface area contributed by atoms with Crippen molar-refractivity contribution < 1.29 is 9.53 Å². The third kappa shape index (κ3) is 5.86. The smallest absolute Gasteiger partial charge is 0.242 e. The Balaban J connectivity index is 2.56. The Bertz CT molecular complexity index is 435. The fraction of sp³-hybridized carbons (Fsp3) is 0.643. The van der Waals surface area contributed by atoms with Gasteiger partial charge in [0.05, 0.1) is 6.10 Å². The molecule has 1 rings (SSSR count). The summed E-state index contributed by atoms with van der Waals surface area (Å²) < 4.78 is 5.48. The predicted molar refractivity (Wildman–Crippen MR) is 78.7 cm³/mol. The number of hydrogen-bond acceptors (Lipinski definition) is 5. The van der Waals surface area contributed by atoms with E-state index in [0.29, 0.717) is 24.2 Å². The Morgan fingerprint density at radius 1 is 1.25 bits per heavy atom. The zero-order valence-corrected chi connectivity index (χ0v) is 12.8. The second-order valence-electron chi connectivity index (χ2n) is 5.41. The van der Waals surface area contributed by atoms with Crippen LogP contribution in [0.1, 0.15) is 34.6 Å². The maximum atomic E-state index is 11.9. The monoisotopic (exact) mass is 280 g/mol. The molecule has 0 aromatic carbocycles. The van der Waals surface area contributed by atoms with E-state index >= 15 is 0 Å². The van der Waals surface area contributed by atoms with Gasteiger partial charge in [0.25, 0.3) is 0 Å². The van der Waals surface area contributed by atoms with Crippen molar-refractivity contribution in [1.82, 2.24) is 15.3 Å². The summed E-state index contributed by atoms with van der Waals surface area (Å²) in [5.41, 5.74) is 0. The van der Waals surface area contributed by atoms with Crippen molar-refractivity contribution in [2.75, 3.05) is 11.9 Å². The van der Waals surface area contributed by atoms with Gasteiger partial charge in [-0.1, -0.05) is 13.8 Å². The molecule has 1 aromatic heterocycles. The number of ether oxygens (including phenoxy) is 1. The van der Waals surface area contributed by atoms with Crippen LogP contribution >= 0.6 is 0 Å². The fourth-order valence-electron chi connectivity index (χ4n) is 1.47. The van der Waals surface area contributed by atoms with Crippen molar-refractivity contribution in [2.45, 2.75) is 46.8 Å². The maximum absolute atomic E-state index is 11.9. The molecule has 1 unspecified atom stereocenters. The first-order valence-electron chi connectivity index (χ1n) is 6.91. The lowest BCUT2D eigenvalue weighted by atomic mass is 10.2. The normalized spacial score (nSPS) is 12.3. The van der Waals surface area contributed by atoms with E-state index in [2.05, 4.69) is 34.4 Å². The number of nitrogens with zero attached hydrogens (tertiary/aromatic N) is 2. The van der Waals surface area contributed by atoms with Gasteiger partial charge in [0, 0.05) is 12.6 Å². The molecule has 0 spiro atoms. The first kappa shape index (κ1) is 16.2. The van der Waals surface area contributed by atoms with Crippen molar-refractivity contribution in [3.8, 4) is 5.88 Å². The van der Waals surface area contributed by atoms with Crippen LogP contribution in [0.25, 0.3) is 0 Å². The summed E-state index contributed by atoms with van der Waals surface area (Å²) >= 11 is 0. The molecule has 0 fully saturated rings. The van der Waals surface area contributed by atoms with Crippen LogP contribution < -0.4 is 15.4 Å². The molecule has 1 atom stereocenters. The Hall–Kier alpha value is -1.85. The SMILES string of the molecule is CC(C)CNC(=O)C(C)Nc1cc(OC(C)C)ncn1. The van der Waals surface area contributed by atoms with Crippen molar-refractivity contribution in [3.05, 3.63) is 12.4 Å². The van der Waals surface area contributed by atoms with E-state index < -0.39 is 0 Å². The quantitative estimate of drug-likeness (QED) is 0.797. The van der Waals surface area contributed by atoms with Gasteiger partial charge in [0.2, 0.25) is 11.8 Å². The number of aromatic nitrogens is 2. The summed E-state index contributed by atoms with van der Waals surface area (Å²) in [4.78, 5) is 20.0. The van der Waals surface area contributed by atoms with Gasteiger partial charge in [-0.15, -0.1) is 0 Å². The van der Waals surface area contributed by atoms with Gasteiger partial charge >= 0.3 is 0 Å². The van der Waals surface area contributed by atoms with Crippen LogP contribution in [-0.4, -0.2) is 34.6 Å². The number of carbonyl (C=O) groups is 1. The number of carbonyl (C=O) groups excluding carboxylic acids is 1. The number of anilines is 1. The second-order valence-corrected chi connectivity index (χ2v) is 5.41. The fourth-order valence-corrected chi connectivity index (χ4v) is 1.47. The molecule has 0 saturated heterocycles. The van der Waals surface area contributed by atoms with Gasteiger partial charge in [0.15, 0.2) is 0 Å². The van der Waals surface area contributed by atoms with Crippen LogP contribution in [0.3, 0.4) is 0 Å². The first-order valence-corrected chi connectivity index (χ1v) is 6.91. The highest BCUT2D eigenvalue weighted by Gasteiger charge is 2.13. The Kier molecular flexibility index (Phi) is 6.21. The topological polar surface area (TPSA) is 76.1 Å². The molecule has 112 valence electrons. The van der Waals surface area contributed by atoms with Crippen LogP contribution in [0.5, 0.6) is 5.88 Å². The molecule has 0 aliphatic carbocycles. The van der Waals surface area contributed by atoms with E-state index in [9.17, 15) is 4.79 Å². The van der Waals surface area contributed by atoms with Gasteiger partial charge in [-0.25, -0.2) is 9.97 Å². The van der Waals surface area contributed by atoms with E-state index in [0.717, 1.165) is 0 Å². The predicted octanol–water partition coefficient (Wildman–Crippen LogP) is 1.84. The lowest BCUT2D eigenvalue weighted by Crippen LogP contribution is -2.39. The number of nitrogens with one attached hydrogen (secondary N) is 2. The molecular formula is C14H24N4O2. The van der Waals surface area contributed by atoms with Crippen molar-refractivity contribution in [2.24, 2.45) is 5.92 Å². The molecule has 1 amide bonds. The molecule has 0 aliphatic rings. The Morgan fingerprint density at radius 3 is 2.55 bits per heavy atom. The minimum atomic E-state index is -0.365. The van der Waals surface area contributed by atoms with Gasteiger partial charge in [-0.2, -0.15) is 0 Å². The highest BCUT2D eigenvalue weighted by atomic mass is 16.5. The minimum absolute atomic E-state index is 0.0458. The molecule has 2 N–H and O–H groups in total. The van der Waals surface area contributed by atoms with E-state index in [1.54, 1.807) is 13.0 Å². The largest absolute Gasteiger partial charge is 0.475 e. The molecule has 0 radical (unpaired) electrons. The van der Waals surface area contributed by atoms with E-state index in [1.165, 1.54) is 6.33 Å². The Labute approximate surface area is 120 Å². The first-order chi connectivity index (χ1) is 9.38. The number of hydrogen-bond donors (Lipinski definition) is 2. The highest BCUT2D eigenvalue weighted by Crippen LogP contribution is 2.13. The van der Waals surface area contributed by atoms with Crippen LogP contribution in [0.15, 0.2) is 12.4 Å². The zero-order valence-electron chi connectivity index (χ0n) is 12.8. The maximum Gasteiger partial charge on any atom is 0.242 e. The summed E-state index contributed by atoms with van der Waals surface area (Å²) in [6.07, 6.45) is 1.46. The van der Waals surface area contributed by atoms with E-state index in [4.69, 9.17) is 4.74 Å². The third-order valence-corrected chi connectivity index (χ3v) is 2.44. The second kappa shape index (κ2) is 7.67. The molecule has 0 bridgehead atoms. The Morgan fingerprint density at radius 2 is 1.95 bits per heavy atom. The zero-order chi connectivity index (χ0) is 15.1. The summed E-state index contributed by atoms with van der Waals surface area (Å²) in [7, 11) is 0. The molecule has 6 heteroatoms. The molecule has 20 heavy (non-hydrogen) atoms. The molecular weight excluding hydrogens is 256 g/mol.